The molecular formula is C10H8Cl2FN. The fraction of sp³-hybridized carbons (Fsp3) is 0.300. The molecule has 0 fully saturated rings. The van der Waals surface area contributed by atoms with Gasteiger partial charge in [0.2, 0.25) is 0 Å². The van der Waals surface area contributed by atoms with Gasteiger partial charge < -0.3 is 0 Å². The highest BCUT2D eigenvalue weighted by atomic mass is 35.5. The second kappa shape index (κ2) is 5.19. The van der Waals surface area contributed by atoms with Crippen molar-refractivity contribution < 1.29 is 4.39 Å². The number of hydrogen-bond acceptors (Lipinski definition) is 1. The molecule has 0 bridgehead atoms. The van der Waals surface area contributed by atoms with Crippen LogP contribution in [0, 0.1) is 23.1 Å². The van der Waals surface area contributed by atoms with E-state index in [-0.39, 0.29) is 17.6 Å². The number of rotatable bonds is 3. The number of halogens is 3. The maximum Gasteiger partial charge on any atom is 0.124 e. The van der Waals surface area contributed by atoms with Crippen molar-refractivity contribution in [3.05, 3.63) is 34.6 Å². The Hall–Kier alpha value is -0.780. The lowest BCUT2D eigenvalue weighted by atomic mass is 10.0. The van der Waals surface area contributed by atoms with E-state index in [4.69, 9.17) is 28.5 Å². The van der Waals surface area contributed by atoms with E-state index >= 15 is 0 Å². The fourth-order valence-corrected chi connectivity index (χ4v) is 1.51. The van der Waals surface area contributed by atoms with Crippen LogP contribution in [-0.2, 0) is 6.42 Å². The summed E-state index contributed by atoms with van der Waals surface area (Å²) < 4.78 is 12.7. The van der Waals surface area contributed by atoms with E-state index in [1.54, 1.807) is 6.07 Å². The molecule has 1 aromatic carbocycles. The van der Waals surface area contributed by atoms with Crippen molar-refractivity contribution in [2.75, 3.05) is 5.88 Å². The van der Waals surface area contributed by atoms with Crippen LogP contribution in [0.15, 0.2) is 18.2 Å². The van der Waals surface area contributed by atoms with Crippen molar-refractivity contribution in [2.45, 2.75) is 6.42 Å². The molecule has 1 rings (SSSR count). The second-order valence-corrected chi connectivity index (χ2v) is 3.64. The monoisotopic (exact) mass is 231 g/mol. The lowest BCUT2D eigenvalue weighted by Crippen LogP contribution is -2.03. The highest BCUT2D eigenvalue weighted by molar-refractivity contribution is 6.31. The van der Waals surface area contributed by atoms with Gasteiger partial charge in [-0.25, -0.2) is 4.39 Å². The largest absolute Gasteiger partial charge is 0.207 e. The summed E-state index contributed by atoms with van der Waals surface area (Å²) in [6, 6.07) is 6.19. The van der Waals surface area contributed by atoms with Gasteiger partial charge in [0, 0.05) is 10.9 Å². The molecule has 1 nitrogen and oxygen atoms in total. The van der Waals surface area contributed by atoms with Crippen molar-refractivity contribution in [3.63, 3.8) is 0 Å². The number of hydrogen-bond donors (Lipinski definition) is 0. The molecule has 0 saturated heterocycles. The quantitative estimate of drug-likeness (QED) is 0.732. The van der Waals surface area contributed by atoms with Crippen molar-refractivity contribution in [1.29, 1.82) is 5.26 Å². The molecule has 0 aliphatic rings. The molecule has 0 N–H and O–H groups in total. The van der Waals surface area contributed by atoms with Crippen LogP contribution in [0.2, 0.25) is 5.02 Å². The molecule has 0 aliphatic heterocycles. The van der Waals surface area contributed by atoms with Crippen molar-refractivity contribution >= 4 is 23.2 Å². The molecule has 0 aromatic heterocycles. The van der Waals surface area contributed by atoms with Gasteiger partial charge in [0.25, 0.3) is 0 Å². The van der Waals surface area contributed by atoms with E-state index < -0.39 is 0 Å². The highest BCUT2D eigenvalue weighted by Crippen LogP contribution is 2.20. The van der Waals surface area contributed by atoms with Crippen LogP contribution in [0.5, 0.6) is 0 Å². The molecule has 1 aromatic rings. The predicted octanol–water partition coefficient (Wildman–Crippen LogP) is 3.40. The summed E-state index contributed by atoms with van der Waals surface area (Å²) in [4.78, 5) is 0. The molecule has 74 valence electrons. The summed E-state index contributed by atoms with van der Waals surface area (Å²) in [6.45, 7) is 0. The van der Waals surface area contributed by atoms with Crippen LogP contribution in [0.3, 0.4) is 0 Å². The summed E-state index contributed by atoms with van der Waals surface area (Å²) >= 11 is 11.4. The third-order valence-corrected chi connectivity index (χ3v) is 2.57. The van der Waals surface area contributed by atoms with Crippen molar-refractivity contribution in [3.8, 4) is 6.07 Å². The first-order valence-corrected chi connectivity index (χ1v) is 4.98. The maximum atomic E-state index is 12.7. The van der Waals surface area contributed by atoms with Gasteiger partial charge in [-0.2, -0.15) is 5.26 Å². The third-order valence-electron chi connectivity index (χ3n) is 1.85. The molecule has 0 heterocycles. The van der Waals surface area contributed by atoms with Gasteiger partial charge in [-0.15, -0.1) is 11.6 Å². The molecule has 0 saturated carbocycles. The van der Waals surface area contributed by atoms with Gasteiger partial charge in [0.1, 0.15) is 5.82 Å². The predicted molar refractivity (Wildman–Crippen MR) is 54.9 cm³/mol. The van der Waals surface area contributed by atoms with Gasteiger partial charge in [-0.05, 0) is 24.1 Å². The van der Waals surface area contributed by atoms with Crippen LogP contribution in [-0.4, -0.2) is 5.88 Å². The van der Waals surface area contributed by atoms with Crippen LogP contribution in [0.1, 0.15) is 5.56 Å². The first-order valence-electron chi connectivity index (χ1n) is 4.07. The van der Waals surface area contributed by atoms with Crippen LogP contribution in [0.25, 0.3) is 0 Å². The molecular weight excluding hydrogens is 224 g/mol. The third kappa shape index (κ3) is 2.87. The number of nitriles is 1. The SMILES string of the molecule is N#CC(CCl)Cc1ccc(F)cc1Cl. The summed E-state index contributed by atoms with van der Waals surface area (Å²) in [5.74, 6) is -0.401. The normalized spacial score (nSPS) is 12.1. The zero-order valence-corrected chi connectivity index (χ0v) is 8.82. The highest BCUT2D eigenvalue weighted by Gasteiger charge is 2.10. The first kappa shape index (κ1) is 11.3. The Morgan fingerprint density at radius 1 is 1.50 bits per heavy atom. The van der Waals surface area contributed by atoms with Gasteiger partial charge >= 0.3 is 0 Å². The second-order valence-electron chi connectivity index (χ2n) is 2.92. The number of nitrogens with zero attached hydrogens (tertiary/aromatic N) is 1. The van der Waals surface area contributed by atoms with Gasteiger partial charge in [-0.3, -0.25) is 0 Å². The Kier molecular flexibility index (Phi) is 4.19. The van der Waals surface area contributed by atoms with E-state index in [2.05, 4.69) is 6.07 Å². The molecule has 1 unspecified atom stereocenters. The maximum absolute atomic E-state index is 12.7. The lowest BCUT2D eigenvalue weighted by Gasteiger charge is -2.06. The Labute approximate surface area is 92.1 Å². The van der Waals surface area contributed by atoms with E-state index in [1.165, 1.54) is 12.1 Å². The Balaban J connectivity index is 2.82. The standard InChI is InChI=1S/C10H8Cl2FN/c11-5-7(6-14)3-8-1-2-9(13)4-10(8)12/h1-2,4,7H,3,5H2. The van der Waals surface area contributed by atoms with E-state index in [1.807, 2.05) is 0 Å². The summed E-state index contributed by atoms with van der Waals surface area (Å²) in [7, 11) is 0. The number of alkyl halides is 1. The Bertz CT molecular complexity index is 360. The minimum Gasteiger partial charge on any atom is -0.207 e. The molecule has 4 heteroatoms. The van der Waals surface area contributed by atoms with Crippen molar-refractivity contribution in [1.82, 2.24) is 0 Å². The van der Waals surface area contributed by atoms with Gasteiger partial charge in [0.15, 0.2) is 0 Å². The molecule has 0 amide bonds. The van der Waals surface area contributed by atoms with Crippen molar-refractivity contribution in [2.24, 2.45) is 5.92 Å². The van der Waals surface area contributed by atoms with Crippen LogP contribution < -0.4 is 0 Å². The Morgan fingerprint density at radius 3 is 2.71 bits per heavy atom. The van der Waals surface area contributed by atoms with E-state index in [9.17, 15) is 4.39 Å². The first-order chi connectivity index (χ1) is 6.67. The molecule has 0 radical (unpaired) electrons. The smallest absolute Gasteiger partial charge is 0.124 e. The topological polar surface area (TPSA) is 23.8 Å². The summed E-state index contributed by atoms with van der Waals surface area (Å²) in [6.07, 6.45) is 0.457. The van der Waals surface area contributed by atoms with E-state index in [0.717, 1.165) is 5.56 Å². The molecule has 14 heavy (non-hydrogen) atoms. The fourth-order valence-electron chi connectivity index (χ4n) is 1.09. The zero-order valence-electron chi connectivity index (χ0n) is 7.30. The summed E-state index contributed by atoms with van der Waals surface area (Å²) in [5, 5.41) is 9.02. The minimum atomic E-state index is -0.377. The summed E-state index contributed by atoms with van der Waals surface area (Å²) in [5.41, 5.74) is 0.750. The molecule has 0 aliphatic carbocycles. The average Bonchev–Trinajstić information content (AvgIpc) is 2.17. The average molecular weight is 232 g/mol. The lowest BCUT2D eigenvalue weighted by molar-refractivity contribution is 0.626. The Morgan fingerprint density at radius 2 is 2.21 bits per heavy atom. The van der Waals surface area contributed by atoms with E-state index in [0.29, 0.717) is 11.4 Å². The van der Waals surface area contributed by atoms with Gasteiger partial charge in [0.05, 0.1) is 12.0 Å². The minimum absolute atomic E-state index is 0.254. The number of benzene rings is 1. The molecule has 0 spiro atoms. The van der Waals surface area contributed by atoms with Crippen LogP contribution >= 0.6 is 23.2 Å². The molecule has 1 atom stereocenters. The van der Waals surface area contributed by atoms with Crippen LogP contribution in [0.4, 0.5) is 4.39 Å². The van der Waals surface area contributed by atoms with Gasteiger partial charge in [-0.1, -0.05) is 17.7 Å². The zero-order chi connectivity index (χ0) is 10.6.